The smallest absolute Gasteiger partial charge is 0.302 e. The van der Waals surface area contributed by atoms with Gasteiger partial charge in [-0.3, -0.25) is 4.79 Å². The summed E-state index contributed by atoms with van der Waals surface area (Å²) in [4.78, 5) is 10.3. The first-order valence-electron chi connectivity index (χ1n) is 3.99. The summed E-state index contributed by atoms with van der Waals surface area (Å²) in [6.45, 7) is 4.01. The summed E-state index contributed by atoms with van der Waals surface area (Å²) in [5.41, 5.74) is 0. The average molecular weight is 158 g/mol. The fourth-order valence-corrected chi connectivity index (χ4v) is 1.03. The van der Waals surface area contributed by atoms with Gasteiger partial charge in [0.1, 0.15) is 0 Å². The van der Waals surface area contributed by atoms with Gasteiger partial charge in [-0.2, -0.15) is 0 Å². The Balaban J connectivity index is 1.85. The summed E-state index contributed by atoms with van der Waals surface area (Å²) in [5.74, 6) is -0.199. The Kier molecular flexibility index (Phi) is 2.88. The maximum absolute atomic E-state index is 10.3. The summed E-state index contributed by atoms with van der Waals surface area (Å²) >= 11 is 0. The second-order valence-corrected chi connectivity index (χ2v) is 2.86. The summed E-state index contributed by atoms with van der Waals surface area (Å²) in [6, 6.07) is 0. The SMILES string of the molecule is CC(=O)OCCC[C@@H]1O[C@H]1C. The molecule has 3 nitrogen and oxygen atoms in total. The van der Waals surface area contributed by atoms with E-state index in [9.17, 15) is 4.79 Å². The molecule has 0 saturated carbocycles. The zero-order valence-corrected chi connectivity index (χ0v) is 7.00. The van der Waals surface area contributed by atoms with Gasteiger partial charge in [0.05, 0.1) is 18.8 Å². The van der Waals surface area contributed by atoms with Crippen molar-refractivity contribution in [2.24, 2.45) is 0 Å². The molecule has 0 spiro atoms. The van der Waals surface area contributed by atoms with Gasteiger partial charge in [-0.05, 0) is 19.8 Å². The van der Waals surface area contributed by atoms with E-state index in [-0.39, 0.29) is 5.97 Å². The minimum Gasteiger partial charge on any atom is -0.466 e. The lowest BCUT2D eigenvalue weighted by Gasteiger charge is -1.98. The third kappa shape index (κ3) is 3.37. The van der Waals surface area contributed by atoms with Crippen molar-refractivity contribution in [3.8, 4) is 0 Å². The maximum Gasteiger partial charge on any atom is 0.302 e. The lowest BCUT2D eigenvalue weighted by Crippen LogP contribution is -2.02. The van der Waals surface area contributed by atoms with Crippen molar-refractivity contribution in [2.45, 2.75) is 38.9 Å². The first kappa shape index (κ1) is 8.53. The highest BCUT2D eigenvalue weighted by atomic mass is 16.6. The molecule has 0 unspecified atom stereocenters. The Morgan fingerprint density at radius 2 is 2.27 bits per heavy atom. The number of carbonyl (C=O) groups excluding carboxylic acids is 1. The van der Waals surface area contributed by atoms with Gasteiger partial charge < -0.3 is 9.47 Å². The van der Waals surface area contributed by atoms with Crippen molar-refractivity contribution >= 4 is 5.97 Å². The lowest BCUT2D eigenvalue weighted by atomic mass is 10.2. The van der Waals surface area contributed by atoms with Gasteiger partial charge in [-0.15, -0.1) is 0 Å². The van der Waals surface area contributed by atoms with E-state index in [2.05, 4.69) is 6.92 Å². The van der Waals surface area contributed by atoms with Crippen molar-refractivity contribution in [1.29, 1.82) is 0 Å². The molecule has 64 valence electrons. The predicted octanol–water partition coefficient (Wildman–Crippen LogP) is 1.12. The Morgan fingerprint density at radius 3 is 2.73 bits per heavy atom. The van der Waals surface area contributed by atoms with Gasteiger partial charge in [-0.1, -0.05) is 0 Å². The van der Waals surface area contributed by atoms with Crippen molar-refractivity contribution in [2.75, 3.05) is 6.61 Å². The molecule has 0 aliphatic carbocycles. The molecule has 0 bridgehead atoms. The summed E-state index contributed by atoms with van der Waals surface area (Å²) in [5, 5.41) is 0. The molecule has 1 saturated heterocycles. The first-order chi connectivity index (χ1) is 5.20. The minimum atomic E-state index is -0.199. The van der Waals surface area contributed by atoms with Crippen LogP contribution in [0.5, 0.6) is 0 Å². The molecule has 3 heteroatoms. The number of ether oxygens (including phenoxy) is 2. The molecular formula is C8H14O3. The quantitative estimate of drug-likeness (QED) is 0.349. The minimum absolute atomic E-state index is 0.199. The number of esters is 1. The van der Waals surface area contributed by atoms with Crippen LogP contribution in [0, 0.1) is 0 Å². The molecule has 0 aromatic rings. The zero-order chi connectivity index (χ0) is 8.27. The molecular weight excluding hydrogens is 144 g/mol. The number of rotatable bonds is 4. The van der Waals surface area contributed by atoms with Crippen molar-refractivity contribution in [3.05, 3.63) is 0 Å². The number of hydrogen-bond donors (Lipinski definition) is 0. The molecule has 1 aliphatic rings. The van der Waals surface area contributed by atoms with Gasteiger partial charge >= 0.3 is 5.97 Å². The highest BCUT2D eigenvalue weighted by Gasteiger charge is 2.32. The van der Waals surface area contributed by atoms with E-state index in [1.54, 1.807) is 0 Å². The number of hydrogen-bond acceptors (Lipinski definition) is 3. The lowest BCUT2D eigenvalue weighted by molar-refractivity contribution is -0.141. The van der Waals surface area contributed by atoms with Crippen molar-refractivity contribution < 1.29 is 14.3 Å². The fraction of sp³-hybridized carbons (Fsp3) is 0.875. The Labute approximate surface area is 66.7 Å². The molecule has 1 rings (SSSR count). The monoisotopic (exact) mass is 158 g/mol. The molecule has 1 fully saturated rings. The van der Waals surface area contributed by atoms with Crippen LogP contribution in [-0.2, 0) is 14.3 Å². The average Bonchev–Trinajstić information content (AvgIpc) is 2.59. The Morgan fingerprint density at radius 1 is 1.64 bits per heavy atom. The fourth-order valence-electron chi connectivity index (χ4n) is 1.03. The van der Waals surface area contributed by atoms with Gasteiger partial charge in [-0.25, -0.2) is 0 Å². The molecule has 0 aromatic heterocycles. The van der Waals surface area contributed by atoms with Crippen LogP contribution in [0.3, 0.4) is 0 Å². The van der Waals surface area contributed by atoms with Gasteiger partial charge in [0.25, 0.3) is 0 Å². The van der Waals surface area contributed by atoms with Crippen molar-refractivity contribution in [1.82, 2.24) is 0 Å². The van der Waals surface area contributed by atoms with Crippen LogP contribution in [-0.4, -0.2) is 24.8 Å². The molecule has 2 atom stereocenters. The second-order valence-electron chi connectivity index (χ2n) is 2.86. The normalized spacial score (nSPS) is 28.2. The van der Waals surface area contributed by atoms with Crippen LogP contribution >= 0.6 is 0 Å². The van der Waals surface area contributed by atoms with E-state index in [0.717, 1.165) is 12.8 Å². The van der Waals surface area contributed by atoms with Crippen LogP contribution < -0.4 is 0 Å². The van der Waals surface area contributed by atoms with E-state index in [1.807, 2.05) is 0 Å². The standard InChI is InChI=1S/C8H14O3/c1-6-8(11-6)4-3-5-10-7(2)9/h6,8H,3-5H2,1-2H3/t6-,8-/m0/s1. The molecule has 0 amide bonds. The number of carbonyl (C=O) groups is 1. The molecule has 11 heavy (non-hydrogen) atoms. The highest BCUT2D eigenvalue weighted by molar-refractivity contribution is 5.65. The third-order valence-electron chi connectivity index (χ3n) is 1.77. The molecule has 0 radical (unpaired) electrons. The zero-order valence-electron chi connectivity index (χ0n) is 7.00. The largest absolute Gasteiger partial charge is 0.466 e. The van der Waals surface area contributed by atoms with Gasteiger partial charge in [0.15, 0.2) is 0 Å². The van der Waals surface area contributed by atoms with Crippen LogP contribution in [0.25, 0.3) is 0 Å². The molecule has 0 N–H and O–H groups in total. The van der Waals surface area contributed by atoms with Gasteiger partial charge in [0, 0.05) is 6.92 Å². The van der Waals surface area contributed by atoms with E-state index in [1.165, 1.54) is 6.92 Å². The molecule has 1 heterocycles. The molecule has 1 aliphatic heterocycles. The van der Waals surface area contributed by atoms with E-state index in [0.29, 0.717) is 18.8 Å². The van der Waals surface area contributed by atoms with Crippen LogP contribution in [0.15, 0.2) is 0 Å². The third-order valence-corrected chi connectivity index (χ3v) is 1.77. The Bertz CT molecular complexity index is 144. The second kappa shape index (κ2) is 3.72. The van der Waals surface area contributed by atoms with Crippen LogP contribution in [0.1, 0.15) is 26.7 Å². The highest BCUT2D eigenvalue weighted by Crippen LogP contribution is 2.25. The molecule has 0 aromatic carbocycles. The topological polar surface area (TPSA) is 38.8 Å². The van der Waals surface area contributed by atoms with Gasteiger partial charge in [0.2, 0.25) is 0 Å². The van der Waals surface area contributed by atoms with Crippen LogP contribution in [0.4, 0.5) is 0 Å². The summed E-state index contributed by atoms with van der Waals surface area (Å²) in [6.07, 6.45) is 2.76. The summed E-state index contributed by atoms with van der Waals surface area (Å²) < 4.78 is 9.94. The van der Waals surface area contributed by atoms with E-state index in [4.69, 9.17) is 9.47 Å². The van der Waals surface area contributed by atoms with Crippen molar-refractivity contribution in [3.63, 3.8) is 0 Å². The van der Waals surface area contributed by atoms with E-state index < -0.39 is 0 Å². The first-order valence-corrected chi connectivity index (χ1v) is 3.99. The maximum atomic E-state index is 10.3. The predicted molar refractivity (Wildman–Crippen MR) is 40.2 cm³/mol. The summed E-state index contributed by atoms with van der Waals surface area (Å²) in [7, 11) is 0. The van der Waals surface area contributed by atoms with E-state index >= 15 is 0 Å². The number of epoxide rings is 1. The Hall–Kier alpha value is -0.570. The van der Waals surface area contributed by atoms with Crippen LogP contribution in [0.2, 0.25) is 0 Å².